The lowest BCUT2D eigenvalue weighted by atomic mass is 10.1. The molecule has 0 spiro atoms. The number of hydrogen-bond acceptors (Lipinski definition) is 1. The molecule has 3 nitrogen and oxygen atoms in total. The Kier molecular flexibility index (Phi) is 1.83. The molecule has 2 heterocycles. The van der Waals surface area contributed by atoms with Gasteiger partial charge in [0.1, 0.15) is 0 Å². The van der Waals surface area contributed by atoms with Crippen LogP contribution in [0.2, 0.25) is 0 Å². The zero-order valence-corrected chi connectivity index (χ0v) is 7.68. The van der Waals surface area contributed by atoms with Crippen molar-refractivity contribution in [3.8, 4) is 0 Å². The fraction of sp³-hybridized carbons (Fsp3) is 0.889. The van der Waals surface area contributed by atoms with Crippen LogP contribution in [0.3, 0.4) is 0 Å². The van der Waals surface area contributed by atoms with Crippen LogP contribution in [0.15, 0.2) is 0 Å². The van der Waals surface area contributed by atoms with Gasteiger partial charge in [0.05, 0.1) is 6.54 Å². The highest BCUT2D eigenvalue weighted by Gasteiger charge is 2.44. The molecule has 68 valence electrons. The molecule has 2 N–H and O–H groups in total. The van der Waals surface area contributed by atoms with Crippen molar-refractivity contribution in [2.75, 3.05) is 13.1 Å². The highest BCUT2D eigenvalue weighted by atomic mass is 16.2. The van der Waals surface area contributed by atoms with Crippen LogP contribution in [0.1, 0.15) is 32.6 Å². The molecule has 2 aliphatic heterocycles. The SMILES string of the molecule is C[C@]12CCC(=O)N1CCCC[NH2+]2. The van der Waals surface area contributed by atoms with Crippen LogP contribution in [0, 0.1) is 0 Å². The zero-order valence-electron chi connectivity index (χ0n) is 7.68. The molecule has 2 fully saturated rings. The third-order valence-corrected chi connectivity index (χ3v) is 3.18. The minimum atomic E-state index is 0.105. The van der Waals surface area contributed by atoms with Crippen LogP contribution in [-0.2, 0) is 4.79 Å². The van der Waals surface area contributed by atoms with Gasteiger partial charge in [0.2, 0.25) is 5.91 Å². The van der Waals surface area contributed by atoms with Gasteiger partial charge in [-0.1, -0.05) is 0 Å². The van der Waals surface area contributed by atoms with Gasteiger partial charge in [-0.2, -0.15) is 0 Å². The van der Waals surface area contributed by atoms with Crippen molar-refractivity contribution < 1.29 is 10.1 Å². The van der Waals surface area contributed by atoms with E-state index in [1.165, 1.54) is 19.4 Å². The summed E-state index contributed by atoms with van der Waals surface area (Å²) in [5.74, 6) is 0.357. The molecule has 1 amide bonds. The second-order valence-corrected chi connectivity index (χ2v) is 4.10. The molecular formula is C9H17N2O+. The lowest BCUT2D eigenvalue weighted by Gasteiger charge is -2.30. The molecule has 0 aliphatic carbocycles. The highest BCUT2D eigenvalue weighted by molar-refractivity contribution is 5.79. The van der Waals surface area contributed by atoms with Gasteiger partial charge in [0, 0.05) is 26.3 Å². The fourth-order valence-electron chi connectivity index (χ4n) is 2.33. The van der Waals surface area contributed by atoms with Gasteiger partial charge in [-0.3, -0.25) is 9.69 Å². The van der Waals surface area contributed by atoms with E-state index in [0.717, 1.165) is 19.4 Å². The number of nitrogens with two attached hydrogens (primary N) is 1. The Balaban J connectivity index is 2.19. The van der Waals surface area contributed by atoms with Crippen LogP contribution in [0.25, 0.3) is 0 Å². The number of amides is 1. The van der Waals surface area contributed by atoms with Crippen molar-refractivity contribution >= 4 is 5.91 Å². The maximum Gasteiger partial charge on any atom is 0.227 e. The molecule has 0 aromatic carbocycles. The summed E-state index contributed by atoms with van der Waals surface area (Å²) in [7, 11) is 0. The average molecular weight is 169 g/mol. The quantitative estimate of drug-likeness (QED) is 0.530. The van der Waals surface area contributed by atoms with E-state index in [1.54, 1.807) is 0 Å². The van der Waals surface area contributed by atoms with Gasteiger partial charge < -0.3 is 5.32 Å². The van der Waals surface area contributed by atoms with E-state index in [1.807, 2.05) is 0 Å². The molecule has 0 aromatic heterocycles. The predicted octanol–water partition coefficient (Wildman–Crippen LogP) is -0.318. The van der Waals surface area contributed by atoms with Gasteiger partial charge in [-0.25, -0.2) is 0 Å². The summed E-state index contributed by atoms with van der Waals surface area (Å²) >= 11 is 0. The maximum absolute atomic E-state index is 11.5. The Labute approximate surface area is 73.1 Å². The largest absolute Gasteiger partial charge is 0.324 e. The minimum Gasteiger partial charge on any atom is -0.324 e. The van der Waals surface area contributed by atoms with E-state index < -0.39 is 0 Å². The molecule has 0 saturated carbocycles. The molecule has 0 radical (unpaired) electrons. The van der Waals surface area contributed by atoms with Gasteiger partial charge in [-0.05, 0) is 12.8 Å². The topological polar surface area (TPSA) is 36.9 Å². The molecule has 0 aromatic rings. The van der Waals surface area contributed by atoms with E-state index in [-0.39, 0.29) is 5.66 Å². The first-order valence-electron chi connectivity index (χ1n) is 4.87. The monoisotopic (exact) mass is 169 g/mol. The number of rotatable bonds is 0. The van der Waals surface area contributed by atoms with E-state index >= 15 is 0 Å². The first-order valence-corrected chi connectivity index (χ1v) is 4.87. The van der Waals surface area contributed by atoms with Crippen molar-refractivity contribution in [1.29, 1.82) is 0 Å². The van der Waals surface area contributed by atoms with Crippen LogP contribution in [0.5, 0.6) is 0 Å². The van der Waals surface area contributed by atoms with Crippen molar-refractivity contribution in [2.45, 2.75) is 38.3 Å². The van der Waals surface area contributed by atoms with Gasteiger partial charge in [0.15, 0.2) is 5.66 Å². The standard InChI is InChI=1S/C9H16N2O/c1-9-5-4-8(12)11(9)7-3-2-6-10-9/h10H,2-7H2,1H3/p+1/t9-/m1/s1. The lowest BCUT2D eigenvalue weighted by molar-refractivity contribution is -0.738. The molecule has 12 heavy (non-hydrogen) atoms. The molecular weight excluding hydrogens is 152 g/mol. The van der Waals surface area contributed by atoms with E-state index in [2.05, 4.69) is 17.1 Å². The van der Waals surface area contributed by atoms with Gasteiger partial charge >= 0.3 is 0 Å². The summed E-state index contributed by atoms with van der Waals surface area (Å²) in [6.45, 7) is 4.36. The van der Waals surface area contributed by atoms with E-state index in [4.69, 9.17) is 0 Å². The fourth-order valence-corrected chi connectivity index (χ4v) is 2.33. The smallest absolute Gasteiger partial charge is 0.227 e. The molecule has 3 heteroatoms. The Bertz CT molecular complexity index is 205. The summed E-state index contributed by atoms with van der Waals surface area (Å²) in [5.41, 5.74) is 0.105. The number of fused-ring (bicyclic) bond motifs is 1. The third-order valence-electron chi connectivity index (χ3n) is 3.18. The third kappa shape index (κ3) is 1.12. The minimum absolute atomic E-state index is 0.105. The second-order valence-electron chi connectivity index (χ2n) is 4.10. The molecule has 2 aliphatic rings. The molecule has 2 rings (SSSR count). The maximum atomic E-state index is 11.5. The van der Waals surface area contributed by atoms with Crippen LogP contribution < -0.4 is 5.32 Å². The summed E-state index contributed by atoms with van der Waals surface area (Å²) in [6, 6.07) is 0. The summed E-state index contributed by atoms with van der Waals surface area (Å²) in [5, 5.41) is 2.34. The lowest BCUT2D eigenvalue weighted by Crippen LogP contribution is -2.98. The predicted molar refractivity (Wildman–Crippen MR) is 45.4 cm³/mol. The number of carbonyl (C=O) groups excluding carboxylic acids is 1. The number of carbonyl (C=O) groups is 1. The Hall–Kier alpha value is -0.570. The Morgan fingerprint density at radius 1 is 1.50 bits per heavy atom. The van der Waals surface area contributed by atoms with Gasteiger partial charge in [0.25, 0.3) is 0 Å². The summed E-state index contributed by atoms with van der Waals surface area (Å²) < 4.78 is 0. The van der Waals surface area contributed by atoms with E-state index in [0.29, 0.717) is 5.91 Å². The second kappa shape index (κ2) is 2.73. The van der Waals surface area contributed by atoms with Crippen molar-refractivity contribution in [2.24, 2.45) is 0 Å². The van der Waals surface area contributed by atoms with Crippen molar-refractivity contribution in [3.63, 3.8) is 0 Å². The highest BCUT2D eigenvalue weighted by Crippen LogP contribution is 2.25. The first-order chi connectivity index (χ1) is 5.72. The number of nitrogens with zero attached hydrogens (tertiary/aromatic N) is 1. The average Bonchev–Trinajstić information content (AvgIpc) is 2.24. The number of quaternary nitrogens is 1. The molecule has 2 saturated heterocycles. The summed E-state index contributed by atoms with van der Waals surface area (Å²) in [6.07, 6.45) is 4.22. The van der Waals surface area contributed by atoms with Crippen LogP contribution in [-0.4, -0.2) is 29.6 Å². The zero-order chi connectivity index (χ0) is 8.60. The first kappa shape index (κ1) is 8.05. The van der Waals surface area contributed by atoms with Crippen molar-refractivity contribution in [1.82, 2.24) is 4.90 Å². The van der Waals surface area contributed by atoms with Crippen LogP contribution in [0.4, 0.5) is 0 Å². The Morgan fingerprint density at radius 3 is 3.17 bits per heavy atom. The number of hydrogen-bond donors (Lipinski definition) is 1. The van der Waals surface area contributed by atoms with Gasteiger partial charge in [-0.15, -0.1) is 0 Å². The summed E-state index contributed by atoms with van der Waals surface area (Å²) in [4.78, 5) is 13.5. The van der Waals surface area contributed by atoms with E-state index in [9.17, 15) is 4.79 Å². The Morgan fingerprint density at radius 2 is 2.33 bits per heavy atom. The normalized spacial score (nSPS) is 36.4. The molecule has 0 bridgehead atoms. The van der Waals surface area contributed by atoms with Crippen LogP contribution >= 0.6 is 0 Å². The van der Waals surface area contributed by atoms with Crippen molar-refractivity contribution in [3.05, 3.63) is 0 Å². The molecule has 1 atom stereocenters. The molecule has 0 unspecified atom stereocenters.